The molecule has 0 saturated carbocycles. The van der Waals surface area contributed by atoms with E-state index in [9.17, 15) is 0 Å². The van der Waals surface area contributed by atoms with Gasteiger partial charge in [-0.3, -0.25) is 0 Å². The van der Waals surface area contributed by atoms with Crippen LogP contribution >= 0.6 is 0 Å². The smallest absolute Gasteiger partial charge is 0.0110 e. The van der Waals surface area contributed by atoms with Crippen molar-refractivity contribution in [3.63, 3.8) is 0 Å². The van der Waals surface area contributed by atoms with Crippen molar-refractivity contribution >= 4 is 0 Å². The first-order chi connectivity index (χ1) is 8.74. The van der Waals surface area contributed by atoms with E-state index in [-0.39, 0.29) is 0 Å². The first-order valence-electron chi connectivity index (χ1n) is 6.76. The summed E-state index contributed by atoms with van der Waals surface area (Å²) >= 11 is 0. The summed E-state index contributed by atoms with van der Waals surface area (Å²) in [5.41, 5.74) is 8.16. The van der Waals surface area contributed by atoms with E-state index in [1.54, 1.807) is 0 Å². The summed E-state index contributed by atoms with van der Waals surface area (Å²) in [5, 5.41) is 0. The first-order valence-corrected chi connectivity index (χ1v) is 6.76. The van der Waals surface area contributed by atoms with E-state index in [2.05, 4.69) is 57.7 Å². The van der Waals surface area contributed by atoms with Gasteiger partial charge in [0.15, 0.2) is 0 Å². The van der Waals surface area contributed by atoms with Gasteiger partial charge in [0.1, 0.15) is 0 Å². The molecule has 1 nitrogen and oxygen atoms in total. The Hall–Kier alpha value is -1.34. The molecule has 1 atom stereocenters. The van der Waals surface area contributed by atoms with Crippen LogP contribution in [-0.2, 0) is 0 Å². The molecule has 0 heterocycles. The number of allylic oxidation sites excluding steroid dienone is 8. The molecule has 0 radical (unpaired) electrons. The molecule has 0 rings (SSSR count). The first kappa shape index (κ1) is 16.7. The van der Waals surface area contributed by atoms with Gasteiger partial charge in [-0.05, 0) is 30.9 Å². The zero-order valence-corrected chi connectivity index (χ0v) is 12.0. The van der Waals surface area contributed by atoms with Gasteiger partial charge in [-0.15, -0.1) is 0 Å². The van der Waals surface area contributed by atoms with Gasteiger partial charge in [0.05, 0.1) is 0 Å². The summed E-state index contributed by atoms with van der Waals surface area (Å²) in [4.78, 5) is 0. The Morgan fingerprint density at radius 1 is 1.17 bits per heavy atom. The minimum atomic E-state index is 0.415. The van der Waals surface area contributed by atoms with Crippen LogP contribution in [0.1, 0.15) is 33.6 Å². The van der Waals surface area contributed by atoms with Crippen molar-refractivity contribution in [3.05, 3.63) is 60.3 Å². The van der Waals surface area contributed by atoms with Crippen LogP contribution in [0.4, 0.5) is 0 Å². The van der Waals surface area contributed by atoms with E-state index < -0.39 is 0 Å². The zero-order valence-electron chi connectivity index (χ0n) is 12.0. The van der Waals surface area contributed by atoms with Crippen molar-refractivity contribution in [2.75, 3.05) is 6.54 Å². The molecule has 0 aliphatic carbocycles. The van der Waals surface area contributed by atoms with Crippen LogP contribution in [0.2, 0.25) is 0 Å². The maximum Gasteiger partial charge on any atom is 0.0110 e. The van der Waals surface area contributed by atoms with Crippen LogP contribution in [0.25, 0.3) is 0 Å². The molecule has 1 unspecified atom stereocenters. The highest BCUT2D eigenvalue weighted by molar-refractivity contribution is 5.36. The highest BCUT2D eigenvalue weighted by Crippen LogP contribution is 2.26. The topological polar surface area (TPSA) is 26.0 Å². The lowest BCUT2D eigenvalue weighted by Gasteiger charge is -2.18. The van der Waals surface area contributed by atoms with Crippen molar-refractivity contribution in [2.24, 2.45) is 11.7 Å². The maximum atomic E-state index is 5.53. The molecule has 18 heavy (non-hydrogen) atoms. The molecule has 100 valence electrons. The van der Waals surface area contributed by atoms with Crippen LogP contribution in [0.3, 0.4) is 0 Å². The van der Waals surface area contributed by atoms with Crippen molar-refractivity contribution in [1.29, 1.82) is 0 Å². The lowest BCUT2D eigenvalue weighted by molar-refractivity contribution is 0.712. The van der Waals surface area contributed by atoms with Crippen molar-refractivity contribution < 1.29 is 0 Å². The highest BCUT2D eigenvalue weighted by atomic mass is 14.5. The SMILES string of the molecule is C=C/C=C(\C=C/CN)C(CC)C(/C=C\CC)=C/C. The third-order valence-corrected chi connectivity index (χ3v) is 2.85. The standard InChI is InChI=1S/C17H27N/c1-5-9-12-15(7-3)17(8-4)16(11-6-2)13-10-14-18/h6-7,9-13,17H,2,5,8,14,18H2,1,3-4H3/b12-9-,13-10-,15-7+,16-11+. The summed E-state index contributed by atoms with van der Waals surface area (Å²) in [6, 6.07) is 0. The molecule has 0 spiro atoms. The summed E-state index contributed by atoms with van der Waals surface area (Å²) in [5.74, 6) is 0.415. The fourth-order valence-corrected chi connectivity index (χ4v) is 1.96. The monoisotopic (exact) mass is 245 g/mol. The molecule has 0 bridgehead atoms. The molecule has 0 saturated heterocycles. The maximum absolute atomic E-state index is 5.53. The van der Waals surface area contributed by atoms with Crippen LogP contribution in [-0.4, -0.2) is 6.54 Å². The zero-order chi connectivity index (χ0) is 13.8. The molecule has 1 heteroatoms. The van der Waals surface area contributed by atoms with E-state index in [1.807, 2.05) is 12.2 Å². The van der Waals surface area contributed by atoms with Crippen LogP contribution in [0.15, 0.2) is 60.3 Å². The molecule has 2 N–H and O–H groups in total. The molecular weight excluding hydrogens is 218 g/mol. The summed E-state index contributed by atoms with van der Waals surface area (Å²) in [7, 11) is 0. The Labute approximate surface area is 112 Å². The Morgan fingerprint density at radius 3 is 2.28 bits per heavy atom. The molecule has 0 aliphatic rings. The predicted molar refractivity (Wildman–Crippen MR) is 83.4 cm³/mol. The molecular formula is C17H27N. The second-order valence-corrected chi connectivity index (χ2v) is 4.10. The highest BCUT2D eigenvalue weighted by Gasteiger charge is 2.12. The van der Waals surface area contributed by atoms with E-state index in [0.717, 1.165) is 12.8 Å². The van der Waals surface area contributed by atoms with E-state index in [1.165, 1.54) is 11.1 Å². The quantitative estimate of drug-likeness (QED) is 0.624. The third-order valence-electron chi connectivity index (χ3n) is 2.85. The van der Waals surface area contributed by atoms with Crippen LogP contribution in [0.5, 0.6) is 0 Å². The molecule has 0 aromatic carbocycles. The summed E-state index contributed by atoms with van der Waals surface area (Å²) in [6.45, 7) is 10.8. The number of hydrogen-bond donors (Lipinski definition) is 1. The largest absolute Gasteiger partial charge is 0.327 e. The van der Waals surface area contributed by atoms with Crippen molar-refractivity contribution in [3.8, 4) is 0 Å². The Morgan fingerprint density at radius 2 is 1.83 bits per heavy atom. The molecule has 0 fully saturated rings. The normalized spacial score (nSPS) is 15.6. The lowest BCUT2D eigenvalue weighted by atomic mass is 9.87. The van der Waals surface area contributed by atoms with Gasteiger partial charge in [0.25, 0.3) is 0 Å². The van der Waals surface area contributed by atoms with E-state index in [4.69, 9.17) is 5.73 Å². The second kappa shape index (κ2) is 10.8. The fourth-order valence-electron chi connectivity index (χ4n) is 1.96. The third kappa shape index (κ3) is 5.83. The Balaban J connectivity index is 5.22. The minimum Gasteiger partial charge on any atom is -0.327 e. The van der Waals surface area contributed by atoms with Crippen LogP contribution in [0, 0.1) is 5.92 Å². The minimum absolute atomic E-state index is 0.415. The second-order valence-electron chi connectivity index (χ2n) is 4.10. The van der Waals surface area contributed by atoms with Gasteiger partial charge < -0.3 is 5.73 Å². The van der Waals surface area contributed by atoms with Gasteiger partial charge in [-0.2, -0.15) is 0 Å². The van der Waals surface area contributed by atoms with Gasteiger partial charge >= 0.3 is 0 Å². The number of hydrogen-bond acceptors (Lipinski definition) is 1. The van der Waals surface area contributed by atoms with Gasteiger partial charge in [-0.25, -0.2) is 0 Å². The number of nitrogens with two attached hydrogens (primary N) is 1. The van der Waals surface area contributed by atoms with Crippen LogP contribution < -0.4 is 5.73 Å². The Kier molecular flexibility index (Phi) is 9.99. The molecule has 0 aliphatic heterocycles. The average molecular weight is 245 g/mol. The van der Waals surface area contributed by atoms with Gasteiger partial charge in [-0.1, -0.05) is 63.0 Å². The van der Waals surface area contributed by atoms with E-state index >= 15 is 0 Å². The predicted octanol–water partition coefficient (Wildman–Crippen LogP) is 4.55. The summed E-state index contributed by atoms with van der Waals surface area (Å²) < 4.78 is 0. The van der Waals surface area contributed by atoms with Gasteiger partial charge in [0.2, 0.25) is 0 Å². The van der Waals surface area contributed by atoms with Gasteiger partial charge in [0, 0.05) is 12.5 Å². The fraction of sp³-hybridized carbons (Fsp3) is 0.412. The molecule has 0 aromatic rings. The lowest BCUT2D eigenvalue weighted by Crippen LogP contribution is -2.05. The summed E-state index contributed by atoms with van der Waals surface area (Å²) in [6.07, 6.45) is 16.8. The average Bonchev–Trinajstić information content (AvgIpc) is 2.40. The number of rotatable bonds is 8. The Bertz CT molecular complexity index is 343. The molecule has 0 amide bonds. The molecule has 0 aromatic heterocycles. The van der Waals surface area contributed by atoms with Crippen molar-refractivity contribution in [1.82, 2.24) is 0 Å². The van der Waals surface area contributed by atoms with Crippen molar-refractivity contribution in [2.45, 2.75) is 33.6 Å². The van der Waals surface area contributed by atoms with E-state index in [0.29, 0.717) is 12.5 Å².